The molecule has 90 valence electrons. The first-order valence-corrected chi connectivity index (χ1v) is 5.41. The van der Waals surface area contributed by atoms with Crippen LogP contribution in [0, 0.1) is 11.3 Å². The second-order valence-corrected chi connectivity index (χ2v) is 3.54. The number of nitrogens with one attached hydrogen (secondary N) is 2. The standard InChI is InChI=1S/C11H19N3O2/c1-3-4-5-14-11(16)10(6-12)8-13-7-9(2)15/h8-9,13,15H,3-5,7H2,1-2H3,(H,14,16)/b10-8-. The van der Waals surface area contributed by atoms with Gasteiger partial charge in [-0.05, 0) is 13.3 Å². The number of nitriles is 1. The van der Waals surface area contributed by atoms with Crippen LogP contribution >= 0.6 is 0 Å². The van der Waals surface area contributed by atoms with E-state index < -0.39 is 6.10 Å². The van der Waals surface area contributed by atoms with Crippen LogP contribution in [0.15, 0.2) is 11.8 Å². The number of hydrogen-bond donors (Lipinski definition) is 3. The predicted octanol–water partition coefficient (Wildman–Crippen LogP) is 0.281. The van der Waals surface area contributed by atoms with E-state index in [0.29, 0.717) is 13.1 Å². The van der Waals surface area contributed by atoms with Crippen molar-refractivity contribution in [3.05, 3.63) is 11.8 Å². The summed E-state index contributed by atoms with van der Waals surface area (Å²) in [6, 6.07) is 1.81. The number of aliphatic hydroxyl groups excluding tert-OH is 1. The largest absolute Gasteiger partial charge is 0.392 e. The molecule has 0 fully saturated rings. The third-order valence-corrected chi connectivity index (χ3v) is 1.84. The first-order valence-electron chi connectivity index (χ1n) is 5.41. The molecule has 3 N–H and O–H groups in total. The number of amides is 1. The van der Waals surface area contributed by atoms with Gasteiger partial charge in [0.1, 0.15) is 11.6 Å². The fourth-order valence-electron chi connectivity index (χ4n) is 0.954. The summed E-state index contributed by atoms with van der Waals surface area (Å²) in [6.45, 7) is 4.53. The van der Waals surface area contributed by atoms with Crippen molar-refractivity contribution in [2.75, 3.05) is 13.1 Å². The van der Waals surface area contributed by atoms with Crippen LogP contribution in [0.3, 0.4) is 0 Å². The number of carbonyl (C=O) groups is 1. The molecule has 1 amide bonds. The summed E-state index contributed by atoms with van der Waals surface area (Å²) in [5.41, 5.74) is 0.0248. The van der Waals surface area contributed by atoms with Gasteiger partial charge in [0.05, 0.1) is 6.10 Å². The lowest BCUT2D eigenvalue weighted by Crippen LogP contribution is -2.27. The molecule has 0 aromatic heterocycles. The Hall–Kier alpha value is -1.54. The van der Waals surface area contributed by atoms with E-state index in [1.54, 1.807) is 6.92 Å². The van der Waals surface area contributed by atoms with Crippen molar-refractivity contribution in [3.63, 3.8) is 0 Å². The average Bonchev–Trinajstić information content (AvgIpc) is 2.24. The molecule has 5 nitrogen and oxygen atoms in total. The molecule has 0 aliphatic rings. The first kappa shape index (κ1) is 14.5. The summed E-state index contributed by atoms with van der Waals surface area (Å²) in [4.78, 5) is 11.4. The van der Waals surface area contributed by atoms with Gasteiger partial charge >= 0.3 is 0 Å². The molecule has 0 rings (SSSR count). The van der Waals surface area contributed by atoms with E-state index in [0.717, 1.165) is 12.8 Å². The molecule has 16 heavy (non-hydrogen) atoms. The van der Waals surface area contributed by atoms with E-state index in [1.807, 2.05) is 13.0 Å². The van der Waals surface area contributed by atoms with Crippen molar-refractivity contribution in [3.8, 4) is 6.07 Å². The molecule has 0 aliphatic heterocycles. The summed E-state index contributed by atoms with van der Waals surface area (Å²) in [5, 5.41) is 23.1. The van der Waals surface area contributed by atoms with Crippen LogP contribution in [-0.2, 0) is 4.79 Å². The molecule has 0 spiro atoms. The molecular weight excluding hydrogens is 206 g/mol. The Balaban J connectivity index is 4.06. The van der Waals surface area contributed by atoms with Crippen LogP contribution in [0.4, 0.5) is 0 Å². The van der Waals surface area contributed by atoms with Gasteiger partial charge in [-0.3, -0.25) is 4.79 Å². The third kappa shape index (κ3) is 6.85. The van der Waals surface area contributed by atoms with Crippen LogP contribution in [0.2, 0.25) is 0 Å². The van der Waals surface area contributed by atoms with Gasteiger partial charge in [-0.2, -0.15) is 5.26 Å². The van der Waals surface area contributed by atoms with E-state index in [-0.39, 0.29) is 11.5 Å². The van der Waals surface area contributed by atoms with Crippen molar-refractivity contribution >= 4 is 5.91 Å². The maximum atomic E-state index is 11.4. The first-order chi connectivity index (χ1) is 7.61. The lowest BCUT2D eigenvalue weighted by atomic mass is 10.2. The molecule has 5 heteroatoms. The molecule has 0 aromatic carbocycles. The van der Waals surface area contributed by atoms with Gasteiger partial charge in [-0.15, -0.1) is 0 Å². The molecule has 1 atom stereocenters. The van der Waals surface area contributed by atoms with E-state index >= 15 is 0 Å². The molecule has 1 unspecified atom stereocenters. The normalized spacial score (nSPS) is 12.8. The van der Waals surface area contributed by atoms with Crippen LogP contribution in [0.25, 0.3) is 0 Å². The van der Waals surface area contributed by atoms with Crippen molar-refractivity contribution in [2.45, 2.75) is 32.8 Å². The van der Waals surface area contributed by atoms with Crippen molar-refractivity contribution in [2.24, 2.45) is 0 Å². The lowest BCUT2D eigenvalue weighted by Gasteiger charge is -2.05. The zero-order valence-electron chi connectivity index (χ0n) is 9.79. The Kier molecular flexibility index (Phi) is 7.90. The zero-order chi connectivity index (χ0) is 12.4. The highest BCUT2D eigenvalue weighted by Gasteiger charge is 2.07. The van der Waals surface area contributed by atoms with E-state index in [9.17, 15) is 4.79 Å². The second-order valence-electron chi connectivity index (χ2n) is 3.54. The molecular formula is C11H19N3O2. The average molecular weight is 225 g/mol. The topological polar surface area (TPSA) is 85.2 Å². The fourth-order valence-corrected chi connectivity index (χ4v) is 0.954. The number of unbranched alkanes of at least 4 members (excludes halogenated alkanes) is 1. The highest BCUT2D eigenvalue weighted by molar-refractivity contribution is 5.97. The molecule has 0 radical (unpaired) electrons. The van der Waals surface area contributed by atoms with E-state index in [2.05, 4.69) is 10.6 Å². The summed E-state index contributed by atoms with van der Waals surface area (Å²) >= 11 is 0. The molecule has 0 aliphatic carbocycles. The van der Waals surface area contributed by atoms with Gasteiger partial charge in [0, 0.05) is 19.3 Å². The van der Waals surface area contributed by atoms with Gasteiger partial charge in [-0.1, -0.05) is 13.3 Å². The molecule has 0 saturated carbocycles. The van der Waals surface area contributed by atoms with Crippen LogP contribution in [0.5, 0.6) is 0 Å². The summed E-state index contributed by atoms with van der Waals surface area (Å²) in [6.07, 6.45) is 2.70. The Labute approximate surface area is 96.1 Å². The Morgan fingerprint density at radius 3 is 2.81 bits per heavy atom. The minimum atomic E-state index is -0.514. The number of hydrogen-bond acceptors (Lipinski definition) is 4. The third-order valence-electron chi connectivity index (χ3n) is 1.84. The smallest absolute Gasteiger partial charge is 0.263 e. The minimum Gasteiger partial charge on any atom is -0.392 e. The van der Waals surface area contributed by atoms with Gasteiger partial charge in [0.25, 0.3) is 5.91 Å². The maximum Gasteiger partial charge on any atom is 0.263 e. The quantitative estimate of drug-likeness (QED) is 0.330. The van der Waals surface area contributed by atoms with Crippen LogP contribution in [-0.4, -0.2) is 30.2 Å². The minimum absolute atomic E-state index is 0.0248. The SMILES string of the molecule is CCCCNC(=O)/C(C#N)=C\NCC(C)O. The number of rotatable bonds is 7. The highest BCUT2D eigenvalue weighted by Crippen LogP contribution is 1.91. The highest BCUT2D eigenvalue weighted by atomic mass is 16.3. The Morgan fingerprint density at radius 1 is 1.62 bits per heavy atom. The fraction of sp³-hybridized carbons (Fsp3) is 0.636. The predicted molar refractivity (Wildman–Crippen MR) is 61.3 cm³/mol. The zero-order valence-corrected chi connectivity index (χ0v) is 9.79. The van der Waals surface area contributed by atoms with Crippen LogP contribution < -0.4 is 10.6 Å². The summed E-state index contributed by atoms with van der Waals surface area (Å²) in [5.74, 6) is -0.381. The number of nitrogens with zero attached hydrogens (tertiary/aromatic N) is 1. The van der Waals surface area contributed by atoms with Crippen molar-refractivity contribution < 1.29 is 9.90 Å². The summed E-state index contributed by atoms with van der Waals surface area (Å²) < 4.78 is 0. The van der Waals surface area contributed by atoms with Crippen LogP contribution in [0.1, 0.15) is 26.7 Å². The van der Waals surface area contributed by atoms with Gasteiger partial charge in [0.15, 0.2) is 0 Å². The molecule has 0 heterocycles. The molecule has 0 saturated heterocycles. The van der Waals surface area contributed by atoms with Crippen molar-refractivity contribution in [1.82, 2.24) is 10.6 Å². The van der Waals surface area contributed by atoms with E-state index in [1.165, 1.54) is 6.20 Å². The van der Waals surface area contributed by atoms with Gasteiger partial charge < -0.3 is 15.7 Å². The van der Waals surface area contributed by atoms with Gasteiger partial charge in [0.2, 0.25) is 0 Å². The lowest BCUT2D eigenvalue weighted by molar-refractivity contribution is -0.117. The second kappa shape index (κ2) is 8.74. The Bertz CT molecular complexity index is 279. The number of carbonyl (C=O) groups excluding carboxylic acids is 1. The summed E-state index contributed by atoms with van der Waals surface area (Å²) in [7, 11) is 0. The number of aliphatic hydroxyl groups is 1. The Morgan fingerprint density at radius 2 is 2.31 bits per heavy atom. The molecule has 0 bridgehead atoms. The van der Waals surface area contributed by atoms with E-state index in [4.69, 9.17) is 10.4 Å². The maximum absolute atomic E-state index is 11.4. The monoisotopic (exact) mass is 225 g/mol. The van der Waals surface area contributed by atoms with Gasteiger partial charge in [-0.25, -0.2) is 0 Å². The van der Waals surface area contributed by atoms with Crippen molar-refractivity contribution in [1.29, 1.82) is 5.26 Å². The molecule has 0 aromatic rings.